The van der Waals surface area contributed by atoms with E-state index in [2.05, 4.69) is 38.6 Å². The van der Waals surface area contributed by atoms with Crippen molar-refractivity contribution < 1.29 is 9.32 Å². The number of para-hydroxylation sites is 1. The molecule has 0 radical (unpaired) electrons. The monoisotopic (exact) mass is 353 g/mol. The van der Waals surface area contributed by atoms with E-state index in [9.17, 15) is 4.79 Å². The maximum atomic E-state index is 12.3. The van der Waals surface area contributed by atoms with Crippen molar-refractivity contribution in [3.8, 4) is 0 Å². The SMILES string of the molecule is O=C(NCCc1cc2ccccc2[nH]1)N1CCN(Cc2ccon2)CC1. The fourth-order valence-corrected chi connectivity index (χ4v) is 3.34. The molecule has 0 spiro atoms. The van der Waals surface area contributed by atoms with Gasteiger partial charge in [0.2, 0.25) is 0 Å². The summed E-state index contributed by atoms with van der Waals surface area (Å²) in [6.45, 7) is 4.56. The highest BCUT2D eigenvalue weighted by Gasteiger charge is 2.21. The van der Waals surface area contributed by atoms with Gasteiger partial charge in [0.1, 0.15) is 6.26 Å². The molecule has 0 saturated carbocycles. The zero-order valence-electron chi connectivity index (χ0n) is 14.6. The average molecular weight is 353 g/mol. The molecule has 1 saturated heterocycles. The maximum absolute atomic E-state index is 12.3. The molecule has 2 aromatic heterocycles. The molecule has 1 aliphatic heterocycles. The second-order valence-corrected chi connectivity index (χ2v) is 6.62. The zero-order chi connectivity index (χ0) is 17.8. The summed E-state index contributed by atoms with van der Waals surface area (Å²) in [5.74, 6) is 0. The Morgan fingerprint density at radius 2 is 2.04 bits per heavy atom. The minimum Gasteiger partial charge on any atom is -0.364 e. The van der Waals surface area contributed by atoms with Gasteiger partial charge < -0.3 is 19.7 Å². The molecule has 2 amide bonds. The number of piperazine rings is 1. The molecule has 1 aromatic carbocycles. The van der Waals surface area contributed by atoms with Crippen molar-refractivity contribution in [3.63, 3.8) is 0 Å². The van der Waals surface area contributed by atoms with Crippen LogP contribution in [0.15, 0.2) is 47.2 Å². The Labute approximate surface area is 151 Å². The normalized spacial score (nSPS) is 15.5. The molecule has 0 atom stereocenters. The second kappa shape index (κ2) is 7.61. The molecular weight excluding hydrogens is 330 g/mol. The number of carbonyl (C=O) groups is 1. The van der Waals surface area contributed by atoms with Crippen molar-refractivity contribution in [1.29, 1.82) is 0 Å². The van der Waals surface area contributed by atoms with Crippen LogP contribution in [-0.4, -0.2) is 58.7 Å². The van der Waals surface area contributed by atoms with E-state index in [0.29, 0.717) is 6.54 Å². The first-order chi connectivity index (χ1) is 12.8. The quantitative estimate of drug-likeness (QED) is 0.737. The van der Waals surface area contributed by atoms with Crippen LogP contribution in [0.5, 0.6) is 0 Å². The number of nitrogens with zero attached hydrogens (tertiary/aromatic N) is 3. The first-order valence-corrected chi connectivity index (χ1v) is 8.99. The van der Waals surface area contributed by atoms with Crippen LogP contribution in [-0.2, 0) is 13.0 Å². The molecule has 3 heterocycles. The number of aromatic nitrogens is 2. The lowest BCUT2D eigenvalue weighted by molar-refractivity contribution is 0.133. The topological polar surface area (TPSA) is 77.4 Å². The van der Waals surface area contributed by atoms with Crippen molar-refractivity contribution in [1.82, 2.24) is 25.3 Å². The first kappa shape index (κ1) is 16.7. The molecule has 1 aliphatic rings. The van der Waals surface area contributed by atoms with Crippen LogP contribution in [0.3, 0.4) is 0 Å². The van der Waals surface area contributed by atoms with Gasteiger partial charge in [-0.3, -0.25) is 4.90 Å². The number of hydrogen-bond donors (Lipinski definition) is 2. The summed E-state index contributed by atoms with van der Waals surface area (Å²) in [4.78, 5) is 19.9. The van der Waals surface area contributed by atoms with Crippen LogP contribution in [0.2, 0.25) is 0 Å². The van der Waals surface area contributed by atoms with Gasteiger partial charge in [0.05, 0.1) is 5.69 Å². The first-order valence-electron chi connectivity index (χ1n) is 8.99. The number of nitrogens with one attached hydrogen (secondary N) is 2. The number of aromatic amines is 1. The average Bonchev–Trinajstić information content (AvgIpc) is 3.31. The van der Waals surface area contributed by atoms with Crippen molar-refractivity contribution in [2.45, 2.75) is 13.0 Å². The fraction of sp³-hybridized carbons (Fsp3) is 0.368. The number of H-pyrrole nitrogens is 1. The Morgan fingerprint density at radius 1 is 1.19 bits per heavy atom. The van der Waals surface area contributed by atoms with Crippen LogP contribution >= 0.6 is 0 Å². The summed E-state index contributed by atoms with van der Waals surface area (Å²) in [5, 5.41) is 8.17. The molecule has 0 bridgehead atoms. The van der Waals surface area contributed by atoms with E-state index in [1.54, 1.807) is 6.26 Å². The van der Waals surface area contributed by atoms with E-state index in [4.69, 9.17) is 4.52 Å². The third-order valence-electron chi connectivity index (χ3n) is 4.79. The highest BCUT2D eigenvalue weighted by molar-refractivity contribution is 5.80. The number of carbonyl (C=O) groups excluding carboxylic acids is 1. The largest absolute Gasteiger partial charge is 0.364 e. The molecule has 26 heavy (non-hydrogen) atoms. The van der Waals surface area contributed by atoms with Crippen molar-refractivity contribution in [3.05, 3.63) is 54.0 Å². The van der Waals surface area contributed by atoms with Crippen LogP contribution in [0.1, 0.15) is 11.4 Å². The minimum absolute atomic E-state index is 0.0159. The molecule has 2 N–H and O–H groups in total. The molecule has 1 fully saturated rings. The molecule has 7 nitrogen and oxygen atoms in total. The van der Waals surface area contributed by atoms with Gasteiger partial charge in [0.15, 0.2) is 0 Å². The number of hydrogen-bond acceptors (Lipinski definition) is 4. The highest BCUT2D eigenvalue weighted by atomic mass is 16.5. The number of fused-ring (bicyclic) bond motifs is 1. The molecule has 7 heteroatoms. The van der Waals surface area contributed by atoms with E-state index in [1.165, 1.54) is 5.39 Å². The van der Waals surface area contributed by atoms with Crippen molar-refractivity contribution in [2.75, 3.05) is 32.7 Å². The summed E-state index contributed by atoms with van der Waals surface area (Å²) in [6, 6.07) is 12.2. The summed E-state index contributed by atoms with van der Waals surface area (Å²) in [7, 11) is 0. The Bertz CT molecular complexity index is 817. The van der Waals surface area contributed by atoms with E-state index in [-0.39, 0.29) is 6.03 Å². The third-order valence-corrected chi connectivity index (χ3v) is 4.79. The minimum atomic E-state index is 0.0159. The molecule has 4 rings (SSSR count). The summed E-state index contributed by atoms with van der Waals surface area (Å²) < 4.78 is 4.86. The standard InChI is InChI=1S/C19H23N5O2/c25-19(20-7-5-16-13-15-3-1-2-4-18(15)21-16)24-10-8-23(9-11-24)14-17-6-12-26-22-17/h1-4,6,12-13,21H,5,7-11,14H2,(H,20,25). The predicted octanol–water partition coefficient (Wildman–Crippen LogP) is 2.23. The zero-order valence-corrected chi connectivity index (χ0v) is 14.6. The van der Waals surface area contributed by atoms with Crippen LogP contribution < -0.4 is 5.32 Å². The van der Waals surface area contributed by atoms with E-state index >= 15 is 0 Å². The van der Waals surface area contributed by atoms with Gasteiger partial charge in [0.25, 0.3) is 0 Å². The lowest BCUT2D eigenvalue weighted by atomic mass is 10.2. The van der Waals surface area contributed by atoms with Gasteiger partial charge in [0, 0.05) is 63.0 Å². The molecule has 3 aromatic rings. The van der Waals surface area contributed by atoms with Crippen molar-refractivity contribution in [2.24, 2.45) is 0 Å². The molecule has 0 aliphatic carbocycles. The maximum Gasteiger partial charge on any atom is 0.317 e. The van der Waals surface area contributed by atoms with Gasteiger partial charge >= 0.3 is 6.03 Å². The van der Waals surface area contributed by atoms with Gasteiger partial charge in [-0.15, -0.1) is 0 Å². The highest BCUT2D eigenvalue weighted by Crippen LogP contribution is 2.14. The van der Waals surface area contributed by atoms with Gasteiger partial charge in [-0.1, -0.05) is 23.4 Å². The van der Waals surface area contributed by atoms with Gasteiger partial charge in [-0.05, 0) is 17.5 Å². The summed E-state index contributed by atoms with van der Waals surface area (Å²) >= 11 is 0. The van der Waals surface area contributed by atoms with E-state index in [1.807, 2.05) is 23.1 Å². The van der Waals surface area contributed by atoms with Gasteiger partial charge in [-0.2, -0.15) is 0 Å². The summed E-state index contributed by atoms with van der Waals surface area (Å²) in [6.07, 6.45) is 2.39. The summed E-state index contributed by atoms with van der Waals surface area (Å²) in [5.41, 5.74) is 3.21. The smallest absolute Gasteiger partial charge is 0.317 e. The van der Waals surface area contributed by atoms with Crippen LogP contribution in [0.4, 0.5) is 4.79 Å². The van der Waals surface area contributed by atoms with E-state index in [0.717, 1.165) is 56.0 Å². The molecular formula is C19H23N5O2. The van der Waals surface area contributed by atoms with Crippen molar-refractivity contribution >= 4 is 16.9 Å². The Kier molecular flexibility index (Phi) is 4.88. The Morgan fingerprint density at radius 3 is 2.81 bits per heavy atom. The van der Waals surface area contributed by atoms with E-state index < -0.39 is 0 Å². The number of amides is 2. The number of benzene rings is 1. The fourth-order valence-electron chi connectivity index (χ4n) is 3.34. The lowest BCUT2D eigenvalue weighted by Gasteiger charge is -2.34. The lowest BCUT2D eigenvalue weighted by Crippen LogP contribution is -2.51. The molecule has 0 unspecified atom stereocenters. The van der Waals surface area contributed by atoms with Crippen LogP contribution in [0.25, 0.3) is 10.9 Å². The number of urea groups is 1. The molecule has 136 valence electrons. The number of rotatable bonds is 5. The second-order valence-electron chi connectivity index (χ2n) is 6.62. The Balaban J connectivity index is 1.20. The van der Waals surface area contributed by atoms with Gasteiger partial charge in [-0.25, -0.2) is 4.79 Å². The Hall–Kier alpha value is -2.80. The van der Waals surface area contributed by atoms with Crippen LogP contribution in [0, 0.1) is 0 Å². The third kappa shape index (κ3) is 3.88. The predicted molar refractivity (Wildman–Crippen MR) is 98.8 cm³/mol.